The molecule has 0 radical (unpaired) electrons. The lowest BCUT2D eigenvalue weighted by Crippen LogP contribution is -1.79. The Hall–Kier alpha value is -1.95. The highest BCUT2D eigenvalue weighted by molar-refractivity contribution is 7.13. The van der Waals surface area contributed by atoms with Crippen molar-refractivity contribution in [2.45, 2.75) is 0 Å². The van der Waals surface area contributed by atoms with Crippen molar-refractivity contribution in [2.75, 3.05) is 0 Å². The Morgan fingerprint density at radius 3 is 3.07 bits per heavy atom. The van der Waals surface area contributed by atoms with Gasteiger partial charge in [-0.3, -0.25) is 0 Å². The molecular weight excluding hydrogens is 214 g/mol. The zero-order valence-electron chi connectivity index (χ0n) is 7.57. The van der Waals surface area contributed by atoms with Crippen LogP contribution in [-0.4, -0.2) is 10.1 Å². The number of phenolic OH excluding ortho intramolecular Hbond substituents is 1. The third-order valence-electron chi connectivity index (χ3n) is 1.51. The molecule has 2 rings (SSSR count). The summed E-state index contributed by atoms with van der Waals surface area (Å²) in [6, 6.07) is 6.32. The molecule has 6 heteroatoms. The molecule has 2 aromatic rings. The highest BCUT2D eigenvalue weighted by atomic mass is 32.1. The summed E-state index contributed by atoms with van der Waals surface area (Å²) in [6.07, 6.45) is 1.63. The second-order valence-corrected chi connectivity index (χ2v) is 3.46. The van der Waals surface area contributed by atoms with Gasteiger partial charge in [-0.2, -0.15) is 0 Å². The van der Waals surface area contributed by atoms with Crippen molar-refractivity contribution in [2.24, 2.45) is 10.4 Å². The molecule has 0 saturated carbocycles. The zero-order valence-corrected chi connectivity index (χ0v) is 8.39. The van der Waals surface area contributed by atoms with Crippen LogP contribution in [0.3, 0.4) is 0 Å². The predicted octanol–water partition coefficient (Wildman–Crippen LogP) is 2.93. The van der Waals surface area contributed by atoms with Gasteiger partial charge in [0.15, 0.2) is 5.75 Å². The number of benzene rings is 1. The zero-order chi connectivity index (χ0) is 10.5. The Balaban J connectivity index is 1.99. The number of thiazole rings is 1. The molecule has 0 fully saturated rings. The molecule has 1 aromatic heterocycles. The number of hydrogen-bond acceptors (Lipinski definition) is 6. The molecule has 0 bridgehead atoms. The first-order valence-electron chi connectivity index (χ1n) is 4.11. The van der Waals surface area contributed by atoms with E-state index in [9.17, 15) is 0 Å². The molecule has 76 valence electrons. The lowest BCUT2D eigenvalue weighted by Gasteiger charge is -1.95. The summed E-state index contributed by atoms with van der Waals surface area (Å²) in [5, 5.41) is 18.7. The van der Waals surface area contributed by atoms with Gasteiger partial charge in [0.05, 0.1) is 0 Å². The van der Waals surface area contributed by atoms with Crippen LogP contribution >= 0.6 is 11.3 Å². The highest BCUT2D eigenvalue weighted by Crippen LogP contribution is 2.19. The summed E-state index contributed by atoms with van der Waals surface area (Å²) in [5.41, 5.74) is 0. The van der Waals surface area contributed by atoms with Crippen molar-refractivity contribution in [3.05, 3.63) is 35.8 Å². The molecule has 1 N–H and O–H groups in total. The van der Waals surface area contributed by atoms with E-state index in [1.807, 2.05) is 0 Å². The van der Waals surface area contributed by atoms with E-state index in [0.717, 1.165) is 0 Å². The monoisotopic (exact) mass is 221 g/mol. The van der Waals surface area contributed by atoms with E-state index in [2.05, 4.69) is 15.4 Å². The maximum Gasteiger partial charge on any atom is 0.233 e. The van der Waals surface area contributed by atoms with Gasteiger partial charge in [-0.1, -0.05) is 11.2 Å². The lowest BCUT2D eigenvalue weighted by atomic mass is 10.3. The maximum atomic E-state index is 9.13. The second-order valence-electron chi connectivity index (χ2n) is 2.58. The molecule has 1 heterocycles. The fourth-order valence-corrected chi connectivity index (χ4v) is 1.35. The van der Waals surface area contributed by atoms with E-state index in [1.54, 1.807) is 29.8 Å². The van der Waals surface area contributed by atoms with Gasteiger partial charge in [0.1, 0.15) is 5.75 Å². The quantitative estimate of drug-likeness (QED) is 0.640. The smallest absolute Gasteiger partial charge is 0.233 e. The van der Waals surface area contributed by atoms with Crippen molar-refractivity contribution < 1.29 is 9.94 Å². The third-order valence-corrected chi connectivity index (χ3v) is 2.17. The van der Waals surface area contributed by atoms with Crippen molar-refractivity contribution in [3.63, 3.8) is 0 Å². The van der Waals surface area contributed by atoms with Gasteiger partial charge in [-0.05, 0) is 12.1 Å². The molecule has 15 heavy (non-hydrogen) atoms. The number of nitrogens with zero attached hydrogens (tertiary/aromatic N) is 3. The molecule has 0 aliphatic rings. The molecular formula is C9H7N3O2S. The Bertz CT molecular complexity index is 456. The normalized spacial score (nSPS) is 10.7. The van der Waals surface area contributed by atoms with Gasteiger partial charge in [-0.25, -0.2) is 4.98 Å². The van der Waals surface area contributed by atoms with Crippen molar-refractivity contribution in [3.8, 4) is 11.5 Å². The summed E-state index contributed by atoms with van der Waals surface area (Å²) < 4.78 is 0. The molecule has 1 aromatic carbocycles. The maximum absolute atomic E-state index is 9.13. The van der Waals surface area contributed by atoms with Crippen molar-refractivity contribution in [1.82, 2.24) is 4.98 Å². The lowest BCUT2D eigenvalue weighted by molar-refractivity contribution is 0.310. The van der Waals surface area contributed by atoms with Crippen LogP contribution in [0, 0.1) is 0 Å². The van der Waals surface area contributed by atoms with Crippen LogP contribution in [0.1, 0.15) is 0 Å². The number of hydrogen-bond donors (Lipinski definition) is 1. The van der Waals surface area contributed by atoms with Crippen molar-refractivity contribution in [1.29, 1.82) is 0 Å². The van der Waals surface area contributed by atoms with E-state index >= 15 is 0 Å². The van der Waals surface area contributed by atoms with Crippen LogP contribution in [-0.2, 0) is 0 Å². The summed E-state index contributed by atoms with van der Waals surface area (Å²) in [7, 11) is 0. The van der Waals surface area contributed by atoms with E-state index in [4.69, 9.17) is 9.94 Å². The number of rotatable bonds is 3. The Morgan fingerprint density at radius 2 is 2.33 bits per heavy atom. The average molecular weight is 221 g/mol. The summed E-state index contributed by atoms with van der Waals surface area (Å²) in [5.74, 6) is 0.548. The van der Waals surface area contributed by atoms with Crippen LogP contribution in [0.5, 0.6) is 11.5 Å². The molecule has 0 amide bonds. The first-order chi connectivity index (χ1) is 7.34. The Labute approximate surface area is 89.7 Å². The minimum Gasteiger partial charge on any atom is -0.508 e. The highest BCUT2D eigenvalue weighted by Gasteiger charge is 1.94. The van der Waals surface area contributed by atoms with Crippen LogP contribution in [0.2, 0.25) is 0 Å². The van der Waals surface area contributed by atoms with Gasteiger partial charge in [0, 0.05) is 22.9 Å². The largest absolute Gasteiger partial charge is 0.508 e. The van der Waals surface area contributed by atoms with E-state index < -0.39 is 0 Å². The number of aromatic nitrogens is 1. The van der Waals surface area contributed by atoms with Crippen LogP contribution < -0.4 is 4.84 Å². The first-order valence-corrected chi connectivity index (χ1v) is 4.99. The first kappa shape index (κ1) is 9.60. The third kappa shape index (κ3) is 2.75. The average Bonchev–Trinajstić information content (AvgIpc) is 2.71. The van der Waals surface area contributed by atoms with Gasteiger partial charge in [0.2, 0.25) is 5.13 Å². The molecule has 0 aliphatic carbocycles. The minimum absolute atomic E-state index is 0.122. The molecule has 0 atom stereocenters. The Kier molecular flexibility index (Phi) is 2.89. The summed E-state index contributed by atoms with van der Waals surface area (Å²) >= 11 is 1.36. The SMILES string of the molecule is Oc1cccc(ON=Nc2nccs2)c1. The number of aromatic hydroxyl groups is 1. The van der Waals surface area contributed by atoms with Crippen LogP contribution in [0.15, 0.2) is 46.2 Å². The van der Waals surface area contributed by atoms with Gasteiger partial charge in [0.25, 0.3) is 0 Å². The molecule has 0 spiro atoms. The standard InChI is InChI=1S/C9H7N3O2S/c13-7-2-1-3-8(6-7)14-12-11-9-10-4-5-15-9/h1-6,13H. The minimum atomic E-state index is 0.122. The summed E-state index contributed by atoms with van der Waals surface area (Å²) in [6.45, 7) is 0. The van der Waals surface area contributed by atoms with Crippen LogP contribution in [0.4, 0.5) is 5.13 Å². The molecule has 5 nitrogen and oxygen atoms in total. The Morgan fingerprint density at radius 1 is 1.40 bits per heavy atom. The molecule has 0 saturated heterocycles. The number of phenols is 1. The fraction of sp³-hybridized carbons (Fsp3) is 0. The van der Waals surface area contributed by atoms with Gasteiger partial charge >= 0.3 is 0 Å². The topological polar surface area (TPSA) is 67.1 Å². The van der Waals surface area contributed by atoms with E-state index in [1.165, 1.54) is 17.4 Å². The van der Waals surface area contributed by atoms with E-state index in [0.29, 0.717) is 10.9 Å². The fourth-order valence-electron chi connectivity index (χ4n) is 0.908. The second kappa shape index (κ2) is 4.52. The molecule has 0 aliphatic heterocycles. The summed E-state index contributed by atoms with van der Waals surface area (Å²) in [4.78, 5) is 8.82. The van der Waals surface area contributed by atoms with Gasteiger partial charge in [-0.15, -0.1) is 11.3 Å². The van der Waals surface area contributed by atoms with E-state index in [-0.39, 0.29) is 5.75 Å². The van der Waals surface area contributed by atoms with Crippen LogP contribution in [0.25, 0.3) is 0 Å². The van der Waals surface area contributed by atoms with Crippen molar-refractivity contribution >= 4 is 16.5 Å². The molecule has 0 unspecified atom stereocenters. The predicted molar refractivity (Wildman–Crippen MR) is 55.4 cm³/mol. The van der Waals surface area contributed by atoms with Gasteiger partial charge < -0.3 is 9.94 Å².